The molecule has 0 bridgehead atoms. The minimum Gasteiger partial charge on any atom is -0.470 e. The molecule has 0 radical (unpaired) electrons. The van der Waals surface area contributed by atoms with Gasteiger partial charge in [-0.3, -0.25) is 0 Å². The molecule has 0 saturated heterocycles. The molecule has 94 valence electrons. The van der Waals surface area contributed by atoms with Gasteiger partial charge in [-0.15, -0.1) is 0 Å². The molecule has 0 amide bonds. The van der Waals surface area contributed by atoms with E-state index in [9.17, 15) is 4.39 Å². The van der Waals surface area contributed by atoms with Crippen molar-refractivity contribution in [1.29, 1.82) is 0 Å². The maximum absolute atomic E-state index is 12.9. The third-order valence-corrected chi connectivity index (χ3v) is 3.61. The first-order chi connectivity index (χ1) is 9.31. The van der Waals surface area contributed by atoms with Crippen LogP contribution in [0.25, 0.3) is 0 Å². The van der Waals surface area contributed by atoms with Crippen LogP contribution in [0.2, 0.25) is 0 Å². The summed E-state index contributed by atoms with van der Waals surface area (Å²) in [5, 5.41) is 0. The van der Waals surface area contributed by atoms with Gasteiger partial charge in [0.25, 0.3) is 0 Å². The molecule has 2 aliphatic rings. The summed E-state index contributed by atoms with van der Waals surface area (Å²) in [5.74, 6) is 0.164. The quantitative estimate of drug-likeness (QED) is 0.784. The fraction of sp³-hybridized carbons (Fsp3) is 0.200. The van der Waals surface area contributed by atoms with Gasteiger partial charge in [0.05, 0.1) is 6.20 Å². The van der Waals surface area contributed by atoms with Crippen molar-refractivity contribution in [2.45, 2.75) is 18.6 Å². The molecule has 1 aliphatic carbocycles. The first-order valence-corrected chi connectivity index (χ1v) is 6.25. The van der Waals surface area contributed by atoms with Crippen molar-refractivity contribution >= 4 is 5.90 Å². The topological polar surface area (TPSA) is 34.5 Å². The van der Waals surface area contributed by atoms with Gasteiger partial charge in [0.1, 0.15) is 23.7 Å². The van der Waals surface area contributed by atoms with Crippen LogP contribution in [0, 0.1) is 5.82 Å². The second kappa shape index (κ2) is 3.88. The van der Waals surface area contributed by atoms with E-state index in [1.54, 1.807) is 6.07 Å². The highest BCUT2D eigenvalue weighted by atomic mass is 19.1. The Morgan fingerprint density at radius 1 is 1.16 bits per heavy atom. The van der Waals surface area contributed by atoms with Crippen LogP contribution in [0.3, 0.4) is 0 Å². The van der Waals surface area contributed by atoms with Crippen LogP contribution in [-0.4, -0.2) is 17.0 Å². The number of hydrogen-bond acceptors (Lipinski definition) is 3. The molecule has 4 heteroatoms. The maximum Gasteiger partial charge on any atom is 0.236 e. The van der Waals surface area contributed by atoms with Crippen LogP contribution in [0.15, 0.2) is 47.6 Å². The summed E-state index contributed by atoms with van der Waals surface area (Å²) in [4.78, 5) is 8.61. The summed E-state index contributed by atoms with van der Waals surface area (Å²) in [5.41, 5.74) is 3.12. The molecule has 19 heavy (non-hydrogen) atoms. The summed E-state index contributed by atoms with van der Waals surface area (Å²) in [7, 11) is 0. The van der Waals surface area contributed by atoms with E-state index in [1.165, 1.54) is 23.4 Å². The first kappa shape index (κ1) is 10.7. The molecule has 2 aromatic rings. The van der Waals surface area contributed by atoms with Gasteiger partial charge in [-0.1, -0.05) is 24.3 Å². The number of nitrogens with zero attached hydrogens (tertiary/aromatic N) is 2. The van der Waals surface area contributed by atoms with Crippen molar-refractivity contribution in [3.8, 4) is 0 Å². The van der Waals surface area contributed by atoms with Crippen molar-refractivity contribution in [2.75, 3.05) is 0 Å². The maximum atomic E-state index is 12.9. The van der Waals surface area contributed by atoms with Gasteiger partial charge in [0, 0.05) is 6.42 Å². The van der Waals surface area contributed by atoms with Crippen molar-refractivity contribution < 1.29 is 9.13 Å². The lowest BCUT2D eigenvalue weighted by molar-refractivity contribution is 0.206. The average Bonchev–Trinajstić information content (AvgIpc) is 2.97. The lowest BCUT2D eigenvalue weighted by Gasteiger charge is -2.08. The largest absolute Gasteiger partial charge is 0.470 e. The van der Waals surface area contributed by atoms with Gasteiger partial charge in [-0.25, -0.2) is 14.4 Å². The number of hydrogen-bond donors (Lipinski definition) is 0. The van der Waals surface area contributed by atoms with Gasteiger partial charge in [-0.05, 0) is 23.3 Å². The molecule has 2 unspecified atom stereocenters. The Labute approximate surface area is 109 Å². The number of benzene rings is 1. The predicted molar refractivity (Wildman–Crippen MR) is 68.5 cm³/mol. The van der Waals surface area contributed by atoms with E-state index in [0.717, 1.165) is 6.42 Å². The van der Waals surface area contributed by atoms with Crippen LogP contribution in [0.1, 0.15) is 22.9 Å². The zero-order valence-corrected chi connectivity index (χ0v) is 10.1. The van der Waals surface area contributed by atoms with Gasteiger partial charge >= 0.3 is 0 Å². The standard InChI is InChI=1S/C15H11FN2O/c16-10-5-6-12(17-8-10)15-18-14-11-4-2-1-3-9(11)7-13(14)19-15/h1-6,8,13-14H,7H2. The molecule has 1 aromatic heterocycles. The van der Waals surface area contributed by atoms with Crippen LogP contribution in [0.5, 0.6) is 0 Å². The monoisotopic (exact) mass is 254 g/mol. The van der Waals surface area contributed by atoms with Crippen LogP contribution >= 0.6 is 0 Å². The van der Waals surface area contributed by atoms with E-state index in [2.05, 4.69) is 22.1 Å². The van der Waals surface area contributed by atoms with Crippen molar-refractivity contribution in [1.82, 2.24) is 4.98 Å². The number of halogens is 1. The Hall–Kier alpha value is -2.23. The third kappa shape index (κ3) is 1.63. The highest BCUT2D eigenvalue weighted by molar-refractivity contribution is 5.93. The Bertz CT molecular complexity index is 666. The molecular weight excluding hydrogens is 243 g/mol. The van der Waals surface area contributed by atoms with Gasteiger partial charge in [0.2, 0.25) is 5.90 Å². The molecular formula is C15H11FN2O. The zero-order chi connectivity index (χ0) is 12.8. The van der Waals surface area contributed by atoms with E-state index < -0.39 is 0 Å². The molecule has 2 heterocycles. The van der Waals surface area contributed by atoms with E-state index >= 15 is 0 Å². The van der Waals surface area contributed by atoms with Crippen molar-refractivity contribution in [2.24, 2.45) is 4.99 Å². The molecule has 0 saturated carbocycles. The van der Waals surface area contributed by atoms with Gasteiger partial charge in [-0.2, -0.15) is 0 Å². The summed E-state index contributed by atoms with van der Waals surface area (Å²) in [6, 6.07) is 11.3. The summed E-state index contributed by atoms with van der Waals surface area (Å²) in [6.45, 7) is 0. The number of pyridine rings is 1. The molecule has 0 fully saturated rings. The third-order valence-electron chi connectivity index (χ3n) is 3.61. The Kier molecular flexibility index (Phi) is 2.18. The summed E-state index contributed by atoms with van der Waals surface area (Å²) >= 11 is 0. The number of aromatic nitrogens is 1. The number of fused-ring (bicyclic) bond motifs is 3. The fourth-order valence-corrected chi connectivity index (χ4v) is 2.73. The molecule has 1 aliphatic heterocycles. The Morgan fingerprint density at radius 3 is 2.89 bits per heavy atom. The second-order valence-electron chi connectivity index (χ2n) is 4.80. The minimum atomic E-state index is -0.354. The highest BCUT2D eigenvalue weighted by Crippen LogP contribution is 2.40. The van der Waals surface area contributed by atoms with E-state index in [0.29, 0.717) is 11.6 Å². The van der Waals surface area contributed by atoms with Crippen molar-refractivity contribution in [3.05, 3.63) is 65.2 Å². The lowest BCUT2D eigenvalue weighted by atomic mass is 10.1. The molecule has 1 aromatic carbocycles. The molecule has 0 spiro atoms. The Balaban J connectivity index is 1.71. The smallest absolute Gasteiger partial charge is 0.236 e. The predicted octanol–water partition coefficient (Wildman–Crippen LogP) is 2.66. The van der Waals surface area contributed by atoms with Crippen LogP contribution in [-0.2, 0) is 11.2 Å². The van der Waals surface area contributed by atoms with Gasteiger partial charge < -0.3 is 4.74 Å². The molecule has 2 atom stereocenters. The van der Waals surface area contributed by atoms with Crippen molar-refractivity contribution in [3.63, 3.8) is 0 Å². The Morgan fingerprint density at radius 2 is 2.05 bits per heavy atom. The van der Waals surface area contributed by atoms with E-state index in [-0.39, 0.29) is 18.0 Å². The minimum absolute atomic E-state index is 0.0538. The normalized spacial score (nSPS) is 23.5. The molecule has 0 N–H and O–H groups in total. The van der Waals surface area contributed by atoms with E-state index in [4.69, 9.17) is 4.74 Å². The summed E-state index contributed by atoms with van der Waals surface area (Å²) in [6.07, 6.45) is 2.11. The SMILES string of the molecule is Fc1ccc(C2=NC3c4ccccc4CC3O2)nc1. The second-order valence-corrected chi connectivity index (χ2v) is 4.80. The molecule has 4 rings (SSSR count). The number of ether oxygens (including phenoxy) is 1. The fourth-order valence-electron chi connectivity index (χ4n) is 2.73. The number of rotatable bonds is 1. The zero-order valence-electron chi connectivity index (χ0n) is 10.1. The highest BCUT2D eigenvalue weighted by Gasteiger charge is 2.39. The van der Waals surface area contributed by atoms with E-state index in [1.807, 2.05) is 12.1 Å². The van der Waals surface area contributed by atoms with Gasteiger partial charge in [0.15, 0.2) is 0 Å². The van der Waals surface area contributed by atoms with Crippen LogP contribution in [0.4, 0.5) is 4.39 Å². The average molecular weight is 254 g/mol. The number of aliphatic imine (C=N–C) groups is 1. The molecule has 3 nitrogen and oxygen atoms in total. The summed E-state index contributed by atoms with van der Waals surface area (Å²) < 4.78 is 18.7. The first-order valence-electron chi connectivity index (χ1n) is 6.25. The van der Waals surface area contributed by atoms with Crippen LogP contribution < -0.4 is 0 Å². The lowest BCUT2D eigenvalue weighted by Crippen LogP contribution is -2.14.